The van der Waals surface area contributed by atoms with E-state index in [1.54, 1.807) is 6.07 Å². The molecule has 1 aromatic carbocycles. The summed E-state index contributed by atoms with van der Waals surface area (Å²) in [5.74, 6) is 0.0281. The van der Waals surface area contributed by atoms with Gasteiger partial charge < -0.3 is 10.2 Å². The number of halogens is 3. The monoisotopic (exact) mass is 400 g/mol. The summed E-state index contributed by atoms with van der Waals surface area (Å²) in [5.41, 5.74) is 0.598. The SMILES string of the molecule is CC1CNCCN1C(=O)c1ccc(I)cc1Cl.Cl. The Bertz CT molecular complexity index is 442. The molecule has 6 heteroatoms. The molecule has 1 amide bonds. The number of carbonyl (C=O) groups excluding carboxylic acids is 1. The van der Waals surface area contributed by atoms with E-state index in [0.29, 0.717) is 10.6 Å². The molecular weight excluding hydrogens is 386 g/mol. The fraction of sp³-hybridized carbons (Fsp3) is 0.417. The molecule has 0 spiro atoms. The number of amides is 1. The predicted molar refractivity (Wildman–Crippen MR) is 84.8 cm³/mol. The maximum atomic E-state index is 12.4. The van der Waals surface area contributed by atoms with Gasteiger partial charge in [0.05, 0.1) is 10.6 Å². The molecule has 0 saturated carbocycles. The van der Waals surface area contributed by atoms with Gasteiger partial charge in [0.15, 0.2) is 0 Å². The first-order valence-corrected chi connectivity index (χ1v) is 7.02. The molecule has 100 valence electrons. The second kappa shape index (κ2) is 6.93. The first-order valence-electron chi connectivity index (χ1n) is 5.56. The van der Waals surface area contributed by atoms with Crippen molar-refractivity contribution < 1.29 is 4.79 Å². The lowest BCUT2D eigenvalue weighted by Crippen LogP contribution is -2.52. The normalized spacial score (nSPS) is 19.3. The number of piperazine rings is 1. The number of nitrogens with zero attached hydrogens (tertiary/aromatic N) is 1. The predicted octanol–water partition coefficient (Wildman–Crippen LogP) is 2.80. The lowest BCUT2D eigenvalue weighted by molar-refractivity contribution is 0.0656. The molecule has 2 rings (SSSR count). The fourth-order valence-electron chi connectivity index (χ4n) is 1.96. The van der Waals surface area contributed by atoms with Gasteiger partial charge in [-0.05, 0) is 47.7 Å². The van der Waals surface area contributed by atoms with Crippen molar-refractivity contribution in [2.24, 2.45) is 0 Å². The Morgan fingerprint density at radius 2 is 2.28 bits per heavy atom. The van der Waals surface area contributed by atoms with Crippen LogP contribution in [0, 0.1) is 3.57 Å². The molecule has 1 saturated heterocycles. The van der Waals surface area contributed by atoms with Crippen LogP contribution in [-0.2, 0) is 0 Å². The number of rotatable bonds is 1. The van der Waals surface area contributed by atoms with Gasteiger partial charge in [0.2, 0.25) is 0 Å². The van der Waals surface area contributed by atoms with E-state index in [1.807, 2.05) is 24.0 Å². The van der Waals surface area contributed by atoms with Gasteiger partial charge in [0.1, 0.15) is 0 Å². The van der Waals surface area contributed by atoms with Crippen molar-refractivity contribution in [3.05, 3.63) is 32.4 Å². The maximum Gasteiger partial charge on any atom is 0.255 e. The first kappa shape index (κ1) is 16.0. The van der Waals surface area contributed by atoms with E-state index in [9.17, 15) is 4.79 Å². The molecule has 1 aliphatic rings. The summed E-state index contributed by atoms with van der Waals surface area (Å²) in [4.78, 5) is 14.2. The summed E-state index contributed by atoms with van der Waals surface area (Å²) in [6.07, 6.45) is 0. The first-order chi connectivity index (χ1) is 8.09. The van der Waals surface area contributed by atoms with Gasteiger partial charge in [0, 0.05) is 29.2 Å². The van der Waals surface area contributed by atoms with E-state index in [4.69, 9.17) is 11.6 Å². The topological polar surface area (TPSA) is 32.3 Å². The average molecular weight is 401 g/mol. The van der Waals surface area contributed by atoms with Gasteiger partial charge in [-0.15, -0.1) is 12.4 Å². The molecule has 1 unspecified atom stereocenters. The third-order valence-corrected chi connectivity index (χ3v) is 3.91. The van der Waals surface area contributed by atoms with Crippen LogP contribution in [0.5, 0.6) is 0 Å². The van der Waals surface area contributed by atoms with E-state index < -0.39 is 0 Å². The minimum Gasteiger partial charge on any atom is -0.333 e. The van der Waals surface area contributed by atoms with E-state index in [0.717, 1.165) is 23.2 Å². The Labute approximate surface area is 132 Å². The minimum absolute atomic E-state index is 0. The van der Waals surface area contributed by atoms with E-state index in [2.05, 4.69) is 27.9 Å². The van der Waals surface area contributed by atoms with Crippen molar-refractivity contribution in [1.82, 2.24) is 10.2 Å². The highest BCUT2D eigenvalue weighted by Gasteiger charge is 2.25. The molecule has 3 nitrogen and oxygen atoms in total. The van der Waals surface area contributed by atoms with Crippen molar-refractivity contribution in [1.29, 1.82) is 0 Å². The average Bonchev–Trinajstić information content (AvgIpc) is 2.29. The number of nitrogens with one attached hydrogen (secondary N) is 1. The Kier molecular flexibility index (Phi) is 6.17. The van der Waals surface area contributed by atoms with Crippen molar-refractivity contribution in [3.63, 3.8) is 0 Å². The van der Waals surface area contributed by atoms with E-state index >= 15 is 0 Å². The van der Waals surface area contributed by atoms with Crippen LogP contribution in [0.3, 0.4) is 0 Å². The van der Waals surface area contributed by atoms with Gasteiger partial charge in [-0.25, -0.2) is 0 Å². The summed E-state index contributed by atoms with van der Waals surface area (Å²) in [7, 11) is 0. The summed E-state index contributed by atoms with van der Waals surface area (Å²) in [6, 6.07) is 5.75. The number of carbonyl (C=O) groups is 1. The van der Waals surface area contributed by atoms with Crippen molar-refractivity contribution in [2.75, 3.05) is 19.6 Å². The van der Waals surface area contributed by atoms with Crippen LogP contribution in [0.1, 0.15) is 17.3 Å². The Morgan fingerprint density at radius 1 is 1.56 bits per heavy atom. The lowest BCUT2D eigenvalue weighted by atomic mass is 10.1. The highest BCUT2D eigenvalue weighted by Crippen LogP contribution is 2.21. The smallest absolute Gasteiger partial charge is 0.255 e. The van der Waals surface area contributed by atoms with Crippen LogP contribution in [0.4, 0.5) is 0 Å². The standard InChI is InChI=1S/C12H14ClIN2O.ClH/c1-8-7-15-4-5-16(8)12(17)10-3-2-9(14)6-11(10)13;/h2-3,6,8,15H,4-5,7H2,1H3;1H. The Morgan fingerprint density at radius 3 is 2.89 bits per heavy atom. The molecule has 1 aromatic rings. The van der Waals surface area contributed by atoms with Crippen LogP contribution in [0.25, 0.3) is 0 Å². The third-order valence-electron chi connectivity index (χ3n) is 2.92. The molecule has 1 heterocycles. The van der Waals surface area contributed by atoms with Crippen molar-refractivity contribution in [2.45, 2.75) is 13.0 Å². The van der Waals surface area contributed by atoms with Gasteiger partial charge in [-0.1, -0.05) is 11.6 Å². The summed E-state index contributed by atoms with van der Waals surface area (Å²) in [5, 5.41) is 3.80. The molecule has 18 heavy (non-hydrogen) atoms. The van der Waals surface area contributed by atoms with Gasteiger partial charge >= 0.3 is 0 Å². The highest BCUT2D eigenvalue weighted by molar-refractivity contribution is 14.1. The zero-order valence-corrected chi connectivity index (χ0v) is 13.7. The number of hydrogen-bond acceptors (Lipinski definition) is 2. The number of hydrogen-bond donors (Lipinski definition) is 1. The molecule has 0 bridgehead atoms. The zero-order valence-electron chi connectivity index (χ0n) is 9.95. The molecule has 1 atom stereocenters. The van der Waals surface area contributed by atoms with Crippen LogP contribution < -0.4 is 5.32 Å². The van der Waals surface area contributed by atoms with Gasteiger partial charge in [0.25, 0.3) is 5.91 Å². The quantitative estimate of drug-likeness (QED) is 0.735. The summed E-state index contributed by atoms with van der Waals surface area (Å²) in [6.45, 7) is 4.47. The second-order valence-electron chi connectivity index (χ2n) is 4.18. The highest BCUT2D eigenvalue weighted by atomic mass is 127. The van der Waals surface area contributed by atoms with Crippen LogP contribution in [0.15, 0.2) is 18.2 Å². The van der Waals surface area contributed by atoms with Gasteiger partial charge in [-0.2, -0.15) is 0 Å². The summed E-state index contributed by atoms with van der Waals surface area (Å²) >= 11 is 8.31. The molecule has 0 radical (unpaired) electrons. The van der Waals surface area contributed by atoms with Crippen LogP contribution in [0.2, 0.25) is 5.02 Å². The Balaban J connectivity index is 0.00000162. The largest absolute Gasteiger partial charge is 0.333 e. The van der Waals surface area contributed by atoms with E-state index in [1.165, 1.54) is 0 Å². The molecule has 1 aliphatic heterocycles. The lowest BCUT2D eigenvalue weighted by Gasteiger charge is -2.34. The maximum absolute atomic E-state index is 12.4. The number of benzene rings is 1. The molecule has 0 aromatic heterocycles. The minimum atomic E-state index is 0. The van der Waals surface area contributed by atoms with Gasteiger partial charge in [-0.3, -0.25) is 4.79 Å². The molecule has 1 N–H and O–H groups in total. The summed E-state index contributed by atoms with van der Waals surface area (Å²) < 4.78 is 1.04. The van der Waals surface area contributed by atoms with Crippen LogP contribution in [-0.4, -0.2) is 36.5 Å². The fourth-order valence-corrected chi connectivity index (χ4v) is 2.90. The van der Waals surface area contributed by atoms with Crippen molar-refractivity contribution >= 4 is 52.5 Å². The molecule has 1 fully saturated rings. The third kappa shape index (κ3) is 3.50. The Hall–Kier alpha value is -0.0400. The molecule has 0 aliphatic carbocycles. The van der Waals surface area contributed by atoms with Crippen LogP contribution >= 0.6 is 46.6 Å². The second-order valence-corrected chi connectivity index (χ2v) is 5.83. The zero-order chi connectivity index (χ0) is 12.4. The molecular formula is C12H15Cl2IN2O. The van der Waals surface area contributed by atoms with Crippen molar-refractivity contribution in [3.8, 4) is 0 Å². The van der Waals surface area contributed by atoms with E-state index in [-0.39, 0.29) is 24.4 Å².